The molecule has 2 rings (SSSR count). The number of benzene rings is 1. The van der Waals surface area contributed by atoms with Crippen molar-refractivity contribution in [3.63, 3.8) is 0 Å². The maximum Gasteiger partial charge on any atom is 0.416 e. The van der Waals surface area contributed by atoms with Crippen molar-refractivity contribution >= 4 is 17.5 Å². The fraction of sp³-hybridized carbons (Fsp3) is 0.462. The van der Waals surface area contributed by atoms with Crippen molar-refractivity contribution in [2.24, 2.45) is 0 Å². The summed E-state index contributed by atoms with van der Waals surface area (Å²) in [7, 11) is 0. The lowest BCUT2D eigenvalue weighted by molar-refractivity contribution is 0.0585. The van der Waals surface area contributed by atoms with Gasteiger partial charge in [-0.05, 0) is 45.4 Å². The van der Waals surface area contributed by atoms with Crippen LogP contribution in [0.3, 0.4) is 0 Å². The Kier molecular flexibility index (Phi) is 2.73. The fourth-order valence-electron chi connectivity index (χ4n) is 1.74. The van der Waals surface area contributed by atoms with E-state index in [1.807, 2.05) is 45.9 Å². The van der Waals surface area contributed by atoms with Crippen molar-refractivity contribution in [1.82, 2.24) is 0 Å². The molecule has 0 radical (unpaired) electrons. The van der Waals surface area contributed by atoms with Gasteiger partial charge in [-0.3, -0.25) is 4.90 Å². The smallest absolute Gasteiger partial charge is 0.416 e. The zero-order valence-electron chi connectivity index (χ0n) is 10.7. The third kappa shape index (κ3) is 2.52. The highest BCUT2D eigenvalue weighted by Crippen LogP contribution is 2.32. The number of anilines is 2. The predicted octanol–water partition coefficient (Wildman–Crippen LogP) is 3.12. The Morgan fingerprint density at radius 3 is 2.76 bits per heavy atom. The maximum absolute atomic E-state index is 12.0. The molecule has 4 nitrogen and oxygen atoms in total. The van der Waals surface area contributed by atoms with Gasteiger partial charge < -0.3 is 10.1 Å². The maximum atomic E-state index is 12.0. The fourth-order valence-corrected chi connectivity index (χ4v) is 1.74. The Morgan fingerprint density at radius 2 is 2.12 bits per heavy atom. The van der Waals surface area contributed by atoms with Gasteiger partial charge in [-0.15, -0.1) is 0 Å². The van der Waals surface area contributed by atoms with E-state index in [0.29, 0.717) is 6.67 Å². The molecular weight excluding hydrogens is 216 g/mol. The van der Waals surface area contributed by atoms with Crippen molar-refractivity contribution in [2.45, 2.75) is 33.3 Å². The van der Waals surface area contributed by atoms with Gasteiger partial charge in [0.1, 0.15) is 5.60 Å². The molecule has 0 aromatic heterocycles. The van der Waals surface area contributed by atoms with Crippen LogP contribution in [-0.2, 0) is 4.74 Å². The minimum absolute atomic E-state index is 0.311. The van der Waals surface area contributed by atoms with Gasteiger partial charge in [-0.2, -0.15) is 0 Å². The number of nitrogens with zero attached hydrogens (tertiary/aromatic N) is 1. The molecule has 0 atom stereocenters. The highest BCUT2D eigenvalue weighted by atomic mass is 16.6. The van der Waals surface area contributed by atoms with Crippen molar-refractivity contribution in [2.75, 3.05) is 16.9 Å². The summed E-state index contributed by atoms with van der Waals surface area (Å²) in [4.78, 5) is 13.6. The third-order valence-electron chi connectivity index (χ3n) is 2.49. The van der Waals surface area contributed by atoms with E-state index in [1.165, 1.54) is 0 Å². The Bertz CT molecular complexity index is 449. The highest BCUT2D eigenvalue weighted by molar-refractivity contribution is 5.95. The second-order valence-corrected chi connectivity index (χ2v) is 5.26. The summed E-state index contributed by atoms with van der Waals surface area (Å²) in [5.41, 5.74) is 2.52. The number of carbonyl (C=O) groups is 1. The van der Waals surface area contributed by atoms with Gasteiger partial charge in [0.25, 0.3) is 0 Å². The summed E-state index contributed by atoms with van der Waals surface area (Å²) in [6.07, 6.45) is -0.311. The Balaban J connectivity index is 2.22. The molecule has 0 saturated heterocycles. The summed E-state index contributed by atoms with van der Waals surface area (Å²) in [5.74, 6) is 0. The van der Waals surface area contributed by atoms with Crippen LogP contribution >= 0.6 is 0 Å². The molecule has 0 fully saturated rings. The number of nitrogens with one attached hydrogen (secondary N) is 1. The third-order valence-corrected chi connectivity index (χ3v) is 2.49. The van der Waals surface area contributed by atoms with Crippen molar-refractivity contribution < 1.29 is 9.53 Å². The first kappa shape index (κ1) is 11.8. The van der Waals surface area contributed by atoms with Crippen molar-refractivity contribution in [3.05, 3.63) is 23.8 Å². The van der Waals surface area contributed by atoms with E-state index in [4.69, 9.17) is 4.74 Å². The topological polar surface area (TPSA) is 41.6 Å². The van der Waals surface area contributed by atoms with Gasteiger partial charge in [0, 0.05) is 0 Å². The highest BCUT2D eigenvalue weighted by Gasteiger charge is 2.28. The molecular formula is C13H18N2O2. The molecule has 1 aromatic carbocycles. The molecule has 1 aromatic rings. The molecule has 0 aliphatic carbocycles. The molecule has 1 N–H and O–H groups in total. The number of hydrogen-bond acceptors (Lipinski definition) is 3. The van der Waals surface area contributed by atoms with Crippen molar-refractivity contribution in [3.8, 4) is 0 Å². The molecule has 17 heavy (non-hydrogen) atoms. The second kappa shape index (κ2) is 3.95. The Hall–Kier alpha value is -1.71. The predicted molar refractivity (Wildman–Crippen MR) is 68.4 cm³/mol. The lowest BCUT2D eigenvalue weighted by Gasteiger charge is -2.24. The van der Waals surface area contributed by atoms with E-state index in [-0.39, 0.29) is 6.09 Å². The van der Waals surface area contributed by atoms with Gasteiger partial charge in [0.05, 0.1) is 18.0 Å². The standard InChI is InChI=1S/C13H18N2O2/c1-9-5-6-10-11(7-9)15(8-14-10)12(16)17-13(2,3)4/h5-7,14H,8H2,1-4H3. The van der Waals surface area contributed by atoms with Crippen LogP contribution in [0, 0.1) is 6.92 Å². The normalized spacial score (nSPS) is 14.2. The molecule has 1 heterocycles. The van der Waals surface area contributed by atoms with Crippen LogP contribution in [0.4, 0.5) is 16.2 Å². The van der Waals surface area contributed by atoms with Gasteiger partial charge in [0.15, 0.2) is 0 Å². The Morgan fingerprint density at radius 1 is 1.41 bits per heavy atom. The molecule has 0 saturated carbocycles. The molecule has 4 heteroatoms. The number of carbonyl (C=O) groups excluding carboxylic acids is 1. The summed E-state index contributed by atoms with van der Waals surface area (Å²) in [5, 5.41) is 3.17. The molecule has 1 amide bonds. The number of hydrogen-bond donors (Lipinski definition) is 1. The summed E-state index contributed by atoms with van der Waals surface area (Å²) in [6.45, 7) is 8.07. The van der Waals surface area contributed by atoms with Crippen LogP contribution in [0.25, 0.3) is 0 Å². The summed E-state index contributed by atoms with van der Waals surface area (Å²) in [6, 6.07) is 5.98. The lowest BCUT2D eigenvalue weighted by Crippen LogP contribution is -2.36. The number of fused-ring (bicyclic) bond motifs is 1. The first-order valence-corrected chi connectivity index (χ1v) is 5.72. The number of ether oxygens (including phenoxy) is 1. The molecule has 1 aliphatic heterocycles. The largest absolute Gasteiger partial charge is 0.443 e. The first-order valence-electron chi connectivity index (χ1n) is 5.72. The van der Waals surface area contributed by atoms with Crippen LogP contribution in [-0.4, -0.2) is 18.4 Å². The number of rotatable bonds is 0. The SMILES string of the molecule is Cc1ccc2c(c1)N(C(=O)OC(C)(C)C)CN2. The average Bonchev–Trinajstić information content (AvgIpc) is 2.57. The quantitative estimate of drug-likeness (QED) is 0.750. The monoisotopic (exact) mass is 234 g/mol. The number of amides is 1. The minimum Gasteiger partial charge on any atom is -0.443 e. The summed E-state index contributed by atoms with van der Waals surface area (Å²) < 4.78 is 5.37. The van der Waals surface area contributed by atoms with E-state index in [2.05, 4.69) is 5.32 Å². The van der Waals surface area contributed by atoms with Gasteiger partial charge in [-0.25, -0.2) is 4.79 Å². The van der Waals surface area contributed by atoms with E-state index >= 15 is 0 Å². The van der Waals surface area contributed by atoms with Crippen LogP contribution in [0.15, 0.2) is 18.2 Å². The van der Waals surface area contributed by atoms with Crippen molar-refractivity contribution in [1.29, 1.82) is 0 Å². The zero-order valence-corrected chi connectivity index (χ0v) is 10.7. The second-order valence-electron chi connectivity index (χ2n) is 5.26. The summed E-state index contributed by atoms with van der Waals surface area (Å²) >= 11 is 0. The molecule has 92 valence electrons. The van der Waals surface area contributed by atoms with E-state index in [0.717, 1.165) is 16.9 Å². The lowest BCUT2D eigenvalue weighted by atomic mass is 10.2. The van der Waals surface area contributed by atoms with Crippen LogP contribution < -0.4 is 10.2 Å². The molecule has 0 spiro atoms. The van der Waals surface area contributed by atoms with E-state index in [1.54, 1.807) is 4.90 Å². The van der Waals surface area contributed by atoms with E-state index < -0.39 is 5.60 Å². The van der Waals surface area contributed by atoms with Gasteiger partial charge in [0.2, 0.25) is 0 Å². The molecule has 1 aliphatic rings. The minimum atomic E-state index is -0.469. The first-order chi connectivity index (χ1) is 7.87. The average molecular weight is 234 g/mol. The zero-order chi connectivity index (χ0) is 12.6. The van der Waals surface area contributed by atoms with Crippen LogP contribution in [0.5, 0.6) is 0 Å². The van der Waals surface area contributed by atoms with Crippen LogP contribution in [0.2, 0.25) is 0 Å². The molecule has 0 bridgehead atoms. The van der Waals surface area contributed by atoms with Gasteiger partial charge in [-0.1, -0.05) is 6.07 Å². The Labute approximate surface area is 102 Å². The van der Waals surface area contributed by atoms with E-state index in [9.17, 15) is 4.79 Å². The van der Waals surface area contributed by atoms with Gasteiger partial charge >= 0.3 is 6.09 Å². The number of aryl methyl sites for hydroxylation is 1. The van der Waals surface area contributed by atoms with Crippen LogP contribution in [0.1, 0.15) is 26.3 Å². The molecule has 0 unspecified atom stereocenters.